The predicted molar refractivity (Wildman–Crippen MR) is 105 cm³/mol. The molecule has 6 heteroatoms. The highest BCUT2D eigenvalue weighted by atomic mass is 35.5. The first-order chi connectivity index (χ1) is 12.5. The standard InChI is InChI=1S/C20H19ClN4O/c1-14(2)19-13-22-24-25(19)18-5-3-4-17(12-18)23-20(26)11-8-15-6-9-16(21)10-7-15/h3-14H,1-2H3,(H,23,26)/b11-8+. The van der Waals surface area contributed by atoms with E-state index in [2.05, 4.69) is 29.5 Å². The first-order valence-electron chi connectivity index (χ1n) is 8.28. The van der Waals surface area contributed by atoms with Crippen LogP contribution in [0.1, 0.15) is 31.0 Å². The lowest BCUT2D eigenvalue weighted by molar-refractivity contribution is -0.111. The van der Waals surface area contributed by atoms with Crippen LogP contribution in [0.15, 0.2) is 60.8 Å². The van der Waals surface area contributed by atoms with Gasteiger partial charge in [0, 0.05) is 16.8 Å². The second-order valence-corrected chi connectivity index (χ2v) is 6.59. The first-order valence-corrected chi connectivity index (χ1v) is 8.66. The van der Waals surface area contributed by atoms with Crippen molar-refractivity contribution in [3.8, 4) is 5.69 Å². The Kier molecular flexibility index (Phi) is 5.49. The van der Waals surface area contributed by atoms with Gasteiger partial charge in [-0.2, -0.15) is 0 Å². The number of carbonyl (C=O) groups excluding carboxylic acids is 1. The average Bonchev–Trinajstić information content (AvgIpc) is 3.12. The highest BCUT2D eigenvalue weighted by Gasteiger charge is 2.10. The van der Waals surface area contributed by atoms with E-state index in [1.165, 1.54) is 6.08 Å². The monoisotopic (exact) mass is 366 g/mol. The molecule has 3 rings (SSSR count). The highest BCUT2D eigenvalue weighted by Crippen LogP contribution is 2.20. The van der Waals surface area contributed by atoms with Gasteiger partial charge in [-0.25, -0.2) is 4.68 Å². The molecule has 0 aliphatic heterocycles. The minimum Gasteiger partial charge on any atom is -0.322 e. The van der Waals surface area contributed by atoms with E-state index in [1.807, 2.05) is 36.4 Å². The molecular formula is C20H19ClN4O. The molecule has 2 aromatic carbocycles. The Morgan fingerprint density at radius 3 is 2.69 bits per heavy atom. The zero-order valence-corrected chi connectivity index (χ0v) is 15.3. The lowest BCUT2D eigenvalue weighted by atomic mass is 10.1. The second-order valence-electron chi connectivity index (χ2n) is 6.15. The third kappa shape index (κ3) is 4.37. The molecule has 0 aliphatic carbocycles. The van der Waals surface area contributed by atoms with Gasteiger partial charge in [0.2, 0.25) is 5.91 Å². The van der Waals surface area contributed by atoms with E-state index in [1.54, 1.807) is 29.1 Å². The van der Waals surface area contributed by atoms with Crippen molar-refractivity contribution in [2.24, 2.45) is 0 Å². The van der Waals surface area contributed by atoms with E-state index in [0.717, 1.165) is 16.9 Å². The van der Waals surface area contributed by atoms with Crippen LogP contribution in [0.2, 0.25) is 5.02 Å². The molecule has 1 aromatic heterocycles. The molecule has 0 atom stereocenters. The molecule has 0 aliphatic rings. The van der Waals surface area contributed by atoms with Crippen molar-refractivity contribution in [2.45, 2.75) is 19.8 Å². The smallest absolute Gasteiger partial charge is 0.248 e. The number of hydrogen-bond donors (Lipinski definition) is 1. The van der Waals surface area contributed by atoms with Gasteiger partial charge in [-0.3, -0.25) is 4.79 Å². The number of carbonyl (C=O) groups is 1. The van der Waals surface area contributed by atoms with Crippen LogP contribution in [0, 0.1) is 0 Å². The number of rotatable bonds is 5. The summed E-state index contributed by atoms with van der Waals surface area (Å²) in [7, 11) is 0. The van der Waals surface area contributed by atoms with Gasteiger partial charge >= 0.3 is 0 Å². The molecule has 0 radical (unpaired) electrons. The highest BCUT2D eigenvalue weighted by molar-refractivity contribution is 6.30. The number of anilines is 1. The number of nitrogens with one attached hydrogen (secondary N) is 1. The van der Waals surface area contributed by atoms with E-state index in [-0.39, 0.29) is 5.91 Å². The van der Waals surface area contributed by atoms with Crippen LogP contribution in [0.4, 0.5) is 5.69 Å². The molecule has 1 heterocycles. The lowest BCUT2D eigenvalue weighted by Crippen LogP contribution is -2.09. The third-order valence-electron chi connectivity index (χ3n) is 3.82. The fraction of sp³-hybridized carbons (Fsp3) is 0.150. The van der Waals surface area contributed by atoms with Crippen molar-refractivity contribution in [1.29, 1.82) is 0 Å². The maximum atomic E-state index is 12.2. The summed E-state index contributed by atoms with van der Waals surface area (Å²) in [6.07, 6.45) is 4.99. The predicted octanol–water partition coefficient (Wildman–Crippen LogP) is 4.70. The summed E-state index contributed by atoms with van der Waals surface area (Å²) >= 11 is 5.85. The van der Waals surface area contributed by atoms with Crippen LogP contribution in [-0.2, 0) is 4.79 Å². The van der Waals surface area contributed by atoms with Crippen LogP contribution >= 0.6 is 11.6 Å². The summed E-state index contributed by atoms with van der Waals surface area (Å²) in [6, 6.07) is 14.8. The quantitative estimate of drug-likeness (QED) is 0.666. The summed E-state index contributed by atoms with van der Waals surface area (Å²) in [6.45, 7) is 4.17. The summed E-state index contributed by atoms with van der Waals surface area (Å²) < 4.78 is 1.78. The van der Waals surface area contributed by atoms with E-state index < -0.39 is 0 Å². The Balaban J connectivity index is 1.73. The summed E-state index contributed by atoms with van der Waals surface area (Å²) in [5.41, 5.74) is 3.46. The molecule has 0 fully saturated rings. The maximum absolute atomic E-state index is 12.2. The second kappa shape index (κ2) is 7.97. The number of hydrogen-bond acceptors (Lipinski definition) is 3. The number of amides is 1. The molecule has 132 valence electrons. The lowest BCUT2D eigenvalue weighted by Gasteiger charge is -2.10. The molecule has 26 heavy (non-hydrogen) atoms. The largest absolute Gasteiger partial charge is 0.322 e. The third-order valence-corrected chi connectivity index (χ3v) is 4.07. The van der Waals surface area contributed by atoms with Gasteiger partial charge < -0.3 is 5.32 Å². The van der Waals surface area contributed by atoms with Crippen molar-refractivity contribution >= 4 is 29.3 Å². The van der Waals surface area contributed by atoms with Gasteiger partial charge in [0.1, 0.15) is 0 Å². The molecule has 0 saturated heterocycles. The van der Waals surface area contributed by atoms with Crippen LogP contribution in [-0.4, -0.2) is 20.9 Å². The van der Waals surface area contributed by atoms with E-state index in [0.29, 0.717) is 16.6 Å². The number of aromatic nitrogens is 3. The van der Waals surface area contributed by atoms with Crippen molar-refractivity contribution in [1.82, 2.24) is 15.0 Å². The van der Waals surface area contributed by atoms with Crippen molar-refractivity contribution < 1.29 is 4.79 Å². The molecule has 5 nitrogen and oxygen atoms in total. The van der Waals surface area contributed by atoms with Crippen LogP contribution < -0.4 is 5.32 Å². The van der Waals surface area contributed by atoms with Crippen LogP contribution in [0.3, 0.4) is 0 Å². The number of halogens is 1. The molecule has 0 bridgehead atoms. The Bertz CT molecular complexity index is 929. The van der Waals surface area contributed by atoms with Crippen molar-refractivity contribution in [3.63, 3.8) is 0 Å². The zero-order chi connectivity index (χ0) is 18.5. The van der Waals surface area contributed by atoms with Crippen LogP contribution in [0.5, 0.6) is 0 Å². The van der Waals surface area contributed by atoms with Gasteiger partial charge in [0.05, 0.1) is 17.6 Å². The fourth-order valence-electron chi connectivity index (χ4n) is 2.48. The fourth-order valence-corrected chi connectivity index (χ4v) is 2.61. The van der Waals surface area contributed by atoms with Crippen LogP contribution in [0.25, 0.3) is 11.8 Å². The molecule has 3 aromatic rings. The maximum Gasteiger partial charge on any atom is 0.248 e. The Labute approximate surface area is 157 Å². The molecule has 0 spiro atoms. The minimum absolute atomic E-state index is 0.209. The van der Waals surface area contributed by atoms with E-state index >= 15 is 0 Å². The molecule has 0 unspecified atom stereocenters. The van der Waals surface area contributed by atoms with Crippen molar-refractivity contribution in [3.05, 3.63) is 77.1 Å². The van der Waals surface area contributed by atoms with E-state index in [9.17, 15) is 4.79 Å². The minimum atomic E-state index is -0.209. The molecule has 1 amide bonds. The number of benzene rings is 2. The Hall–Kier alpha value is -2.92. The summed E-state index contributed by atoms with van der Waals surface area (Å²) in [5, 5.41) is 11.7. The Morgan fingerprint density at radius 2 is 1.96 bits per heavy atom. The van der Waals surface area contributed by atoms with Gasteiger partial charge in [-0.15, -0.1) is 5.10 Å². The Morgan fingerprint density at radius 1 is 1.19 bits per heavy atom. The van der Waals surface area contributed by atoms with Gasteiger partial charge in [-0.1, -0.05) is 48.9 Å². The molecule has 1 N–H and O–H groups in total. The summed E-state index contributed by atoms with van der Waals surface area (Å²) in [4.78, 5) is 12.2. The average molecular weight is 367 g/mol. The van der Waals surface area contributed by atoms with Gasteiger partial charge in [-0.05, 0) is 47.9 Å². The van der Waals surface area contributed by atoms with E-state index in [4.69, 9.17) is 11.6 Å². The topological polar surface area (TPSA) is 59.8 Å². The normalized spacial score (nSPS) is 11.2. The molecule has 0 saturated carbocycles. The molecular weight excluding hydrogens is 348 g/mol. The van der Waals surface area contributed by atoms with Gasteiger partial charge in [0.15, 0.2) is 0 Å². The van der Waals surface area contributed by atoms with Gasteiger partial charge in [0.25, 0.3) is 0 Å². The SMILES string of the molecule is CC(C)c1cnnn1-c1cccc(NC(=O)/C=C/c2ccc(Cl)cc2)c1. The zero-order valence-electron chi connectivity index (χ0n) is 14.6. The van der Waals surface area contributed by atoms with Crippen molar-refractivity contribution in [2.75, 3.05) is 5.32 Å². The summed E-state index contributed by atoms with van der Waals surface area (Å²) in [5.74, 6) is 0.0883. The number of nitrogens with zero attached hydrogens (tertiary/aromatic N) is 3. The first kappa shape index (κ1) is 17.9.